The second kappa shape index (κ2) is 3.20. The van der Waals surface area contributed by atoms with E-state index in [1.54, 1.807) is 6.07 Å². The van der Waals surface area contributed by atoms with Gasteiger partial charge < -0.3 is 9.90 Å². The minimum Gasteiger partial charge on any atom is -0.507 e. The van der Waals surface area contributed by atoms with E-state index in [1.807, 2.05) is 30.3 Å². The Hall–Kier alpha value is -1.32. The first-order valence-corrected chi connectivity index (χ1v) is 4.88. The Balaban J connectivity index is 2.79. The summed E-state index contributed by atoms with van der Waals surface area (Å²) in [4.78, 5) is 8.95. The van der Waals surface area contributed by atoms with Crippen molar-refractivity contribution in [2.24, 2.45) is 0 Å². The molecule has 2 aromatic rings. The van der Waals surface area contributed by atoms with Gasteiger partial charge in [0, 0.05) is 10.6 Å². The monoisotopic (exact) mass is 188 g/mol. The lowest BCUT2D eigenvalue weighted by molar-refractivity contribution is 0.484. The van der Waals surface area contributed by atoms with Gasteiger partial charge in [0.1, 0.15) is 5.75 Å². The third-order valence-electron chi connectivity index (χ3n) is 2.02. The zero-order chi connectivity index (χ0) is 9.26. The lowest BCUT2D eigenvalue weighted by Gasteiger charge is -2.03. The summed E-state index contributed by atoms with van der Waals surface area (Å²) in [5, 5.41) is 12.1. The van der Waals surface area contributed by atoms with Gasteiger partial charge in [0.2, 0.25) is 0 Å². The molecule has 0 fully saturated rings. The Morgan fingerprint density at radius 2 is 1.77 bits per heavy atom. The first-order valence-electron chi connectivity index (χ1n) is 3.94. The summed E-state index contributed by atoms with van der Waals surface area (Å²) in [5.41, 5.74) is 0. The van der Waals surface area contributed by atoms with Crippen molar-refractivity contribution >= 4 is 25.7 Å². The molecule has 2 nitrogen and oxygen atoms in total. The quantitative estimate of drug-likeness (QED) is 0.649. The van der Waals surface area contributed by atoms with Crippen molar-refractivity contribution in [3.8, 4) is 5.75 Å². The minimum atomic E-state index is -0.358. The SMILES string of the molecule is O[Si]c1ccc2ccccc2c1O. The summed E-state index contributed by atoms with van der Waals surface area (Å²) in [6, 6.07) is 11.2. The highest BCUT2D eigenvalue weighted by atomic mass is 28.2. The van der Waals surface area contributed by atoms with Crippen LogP contribution in [0, 0.1) is 0 Å². The molecule has 0 unspecified atom stereocenters. The average Bonchev–Trinajstić information content (AvgIpc) is 2.19. The number of fused-ring (bicyclic) bond motifs is 1. The third-order valence-corrected chi connectivity index (χ3v) is 2.67. The summed E-state index contributed by atoms with van der Waals surface area (Å²) in [6.07, 6.45) is 0. The molecule has 0 heterocycles. The molecular weight excluding hydrogens is 180 g/mol. The summed E-state index contributed by atoms with van der Waals surface area (Å²) < 4.78 is 0. The summed E-state index contributed by atoms with van der Waals surface area (Å²) in [5.74, 6) is 0.193. The van der Waals surface area contributed by atoms with Crippen molar-refractivity contribution < 1.29 is 9.90 Å². The van der Waals surface area contributed by atoms with Crippen LogP contribution in [-0.4, -0.2) is 19.7 Å². The number of phenols is 1. The van der Waals surface area contributed by atoms with E-state index in [1.165, 1.54) is 0 Å². The van der Waals surface area contributed by atoms with E-state index in [0.29, 0.717) is 5.19 Å². The lowest BCUT2D eigenvalue weighted by Crippen LogP contribution is -2.13. The maximum Gasteiger partial charge on any atom is 0.269 e. The smallest absolute Gasteiger partial charge is 0.269 e. The molecular formula is C10H8O2Si. The molecule has 0 amide bonds. The van der Waals surface area contributed by atoms with Crippen LogP contribution in [0.15, 0.2) is 36.4 Å². The van der Waals surface area contributed by atoms with Crippen LogP contribution in [0.4, 0.5) is 0 Å². The van der Waals surface area contributed by atoms with E-state index in [9.17, 15) is 5.11 Å². The molecule has 2 aromatic carbocycles. The molecule has 0 spiro atoms. The van der Waals surface area contributed by atoms with Crippen molar-refractivity contribution in [3.63, 3.8) is 0 Å². The predicted molar refractivity (Wildman–Crippen MR) is 53.2 cm³/mol. The van der Waals surface area contributed by atoms with Crippen molar-refractivity contribution in [1.29, 1.82) is 0 Å². The van der Waals surface area contributed by atoms with Gasteiger partial charge in [-0.05, 0) is 5.39 Å². The standard InChI is InChI=1S/C10H8O2Si/c11-10-8-4-2-1-3-7(8)5-6-9(10)13-12/h1-6,11-12H. The Morgan fingerprint density at radius 1 is 1.00 bits per heavy atom. The van der Waals surface area contributed by atoms with Crippen molar-refractivity contribution in [3.05, 3.63) is 36.4 Å². The Kier molecular flexibility index (Phi) is 2.04. The summed E-state index contributed by atoms with van der Waals surface area (Å²) in [7, 11) is -0.358. The number of phenolic OH excluding ortho intramolecular Hbond substituents is 1. The van der Waals surface area contributed by atoms with Crippen LogP contribution < -0.4 is 5.19 Å². The van der Waals surface area contributed by atoms with Crippen LogP contribution in [0.2, 0.25) is 0 Å². The van der Waals surface area contributed by atoms with Gasteiger partial charge in [0.15, 0.2) is 0 Å². The molecule has 64 valence electrons. The molecule has 3 heteroatoms. The van der Waals surface area contributed by atoms with Crippen molar-refractivity contribution in [2.45, 2.75) is 0 Å². The van der Waals surface area contributed by atoms with E-state index < -0.39 is 0 Å². The van der Waals surface area contributed by atoms with Crippen LogP contribution in [0.1, 0.15) is 0 Å². The zero-order valence-electron chi connectivity index (χ0n) is 6.86. The van der Waals surface area contributed by atoms with Gasteiger partial charge in [-0.15, -0.1) is 0 Å². The highest BCUT2D eigenvalue weighted by molar-refractivity contribution is 6.47. The van der Waals surface area contributed by atoms with Gasteiger partial charge >= 0.3 is 0 Å². The molecule has 13 heavy (non-hydrogen) atoms. The van der Waals surface area contributed by atoms with E-state index in [0.717, 1.165) is 10.8 Å². The van der Waals surface area contributed by atoms with Crippen LogP contribution in [0.5, 0.6) is 5.75 Å². The second-order valence-electron chi connectivity index (χ2n) is 2.79. The number of hydrogen-bond donors (Lipinski definition) is 2. The van der Waals surface area contributed by atoms with Crippen molar-refractivity contribution in [1.82, 2.24) is 0 Å². The molecule has 2 N–H and O–H groups in total. The maximum atomic E-state index is 9.70. The van der Waals surface area contributed by atoms with Crippen LogP contribution >= 0.6 is 0 Å². The van der Waals surface area contributed by atoms with Gasteiger partial charge in [0.05, 0.1) is 0 Å². The molecule has 0 saturated heterocycles. The lowest BCUT2D eigenvalue weighted by atomic mass is 10.1. The maximum absolute atomic E-state index is 9.70. The summed E-state index contributed by atoms with van der Waals surface area (Å²) >= 11 is 0. The van der Waals surface area contributed by atoms with Gasteiger partial charge in [-0.2, -0.15) is 0 Å². The first kappa shape index (κ1) is 8.28. The molecule has 0 bridgehead atoms. The second-order valence-corrected chi connectivity index (χ2v) is 3.56. The number of rotatable bonds is 1. The van der Waals surface area contributed by atoms with Crippen LogP contribution in [0.3, 0.4) is 0 Å². The van der Waals surface area contributed by atoms with Gasteiger partial charge in [-0.1, -0.05) is 36.4 Å². The first-order chi connectivity index (χ1) is 6.33. The minimum absolute atomic E-state index is 0.193. The van der Waals surface area contributed by atoms with Crippen LogP contribution in [0.25, 0.3) is 10.8 Å². The number of hydrogen-bond acceptors (Lipinski definition) is 2. The van der Waals surface area contributed by atoms with Gasteiger partial charge in [0.25, 0.3) is 9.76 Å². The molecule has 0 aliphatic rings. The number of aromatic hydroxyl groups is 1. The van der Waals surface area contributed by atoms with E-state index in [2.05, 4.69) is 0 Å². The normalized spacial score (nSPS) is 10.5. The van der Waals surface area contributed by atoms with E-state index >= 15 is 0 Å². The topological polar surface area (TPSA) is 40.5 Å². The molecule has 0 atom stereocenters. The fraction of sp³-hybridized carbons (Fsp3) is 0. The zero-order valence-corrected chi connectivity index (χ0v) is 7.86. The summed E-state index contributed by atoms with van der Waals surface area (Å²) in [6.45, 7) is 0. The fourth-order valence-electron chi connectivity index (χ4n) is 1.35. The molecule has 0 aliphatic carbocycles. The predicted octanol–water partition coefficient (Wildman–Crippen LogP) is 0.782. The van der Waals surface area contributed by atoms with Crippen molar-refractivity contribution in [2.75, 3.05) is 0 Å². The highest BCUT2D eigenvalue weighted by Gasteiger charge is 2.04. The molecule has 0 aliphatic heterocycles. The highest BCUT2D eigenvalue weighted by Crippen LogP contribution is 2.21. The fourth-order valence-corrected chi connectivity index (χ4v) is 1.74. The Labute approximate surface area is 78.4 Å². The molecule has 2 rings (SSSR count). The third kappa shape index (κ3) is 1.32. The number of benzene rings is 2. The average molecular weight is 188 g/mol. The Morgan fingerprint density at radius 3 is 2.54 bits per heavy atom. The van der Waals surface area contributed by atoms with E-state index in [4.69, 9.17) is 4.80 Å². The Bertz CT molecular complexity index is 440. The van der Waals surface area contributed by atoms with Crippen LogP contribution in [-0.2, 0) is 0 Å². The van der Waals surface area contributed by atoms with Gasteiger partial charge in [-0.25, -0.2) is 0 Å². The molecule has 0 aromatic heterocycles. The molecule has 2 radical (unpaired) electrons. The molecule has 0 saturated carbocycles. The van der Waals surface area contributed by atoms with E-state index in [-0.39, 0.29) is 15.5 Å². The largest absolute Gasteiger partial charge is 0.507 e. The van der Waals surface area contributed by atoms with Gasteiger partial charge in [-0.3, -0.25) is 0 Å².